The third-order valence-electron chi connectivity index (χ3n) is 0. The molecule has 10 heavy (non-hydrogen) atoms. The van der Waals surface area contributed by atoms with Crippen LogP contribution < -0.4 is 69.3 Å². The van der Waals surface area contributed by atoms with Crippen molar-refractivity contribution in [3.05, 3.63) is 0 Å². The van der Waals surface area contributed by atoms with Gasteiger partial charge in [0.1, 0.15) is 0 Å². The number of rotatable bonds is 0. The molecule has 0 fully saturated rings. The number of carbonyl (C=O) groups excluding carboxylic acids is 1. The topological polar surface area (TPSA) is 121 Å². The normalized spacial score (nSPS) is 4.80. The molecule has 2 N–H and O–H groups in total. The third-order valence-corrected chi connectivity index (χ3v) is 0. The molecular weight excluding hydrogens is 182 g/mol. The van der Waals surface area contributed by atoms with Gasteiger partial charge in [0.05, 0.1) is 0 Å². The molecule has 0 aliphatic rings. The minimum Gasteiger partial charge on any atom is -0.652 e. The zero-order valence-electron chi connectivity index (χ0n) is 5.53. The fraction of sp³-hybridized carbons (Fsp3) is 0. The van der Waals surface area contributed by atoms with Crippen molar-refractivity contribution in [2.75, 3.05) is 0 Å². The first-order valence-electron chi connectivity index (χ1n) is 1.26. The molecule has 0 saturated heterocycles. The molecule has 0 spiro atoms. The largest absolute Gasteiger partial charge is 1.00 e. The fourth-order valence-electron chi connectivity index (χ4n) is 0. The first-order valence-corrected chi connectivity index (χ1v) is 2.57. The average Bonchev–Trinajstić information content (AvgIpc) is 1.25. The van der Waals surface area contributed by atoms with Gasteiger partial charge in [-0.15, -0.1) is 0 Å². The van der Waals surface area contributed by atoms with Crippen LogP contribution in [0, 0.1) is 0 Å². The zero-order valence-corrected chi connectivity index (χ0v) is 10.5. The Hall–Kier alpha value is 0.887. The van der Waals surface area contributed by atoms with Gasteiger partial charge in [0.15, 0.2) is 0 Å². The number of hydrogen-bond donors (Lipinski definition) is 2. The standard InChI is InChI=1S/CH2O3.2Na.H2O3Si/c2-1(3)4;;;1-4(2)3/h(H2,2,3,4);;;1-2H/q;2*+1;/p-2. The Morgan fingerprint density at radius 3 is 1.20 bits per heavy atom. The van der Waals surface area contributed by atoms with Crippen molar-refractivity contribution in [2.24, 2.45) is 0 Å². The molecule has 0 saturated carbocycles. The van der Waals surface area contributed by atoms with Crippen LogP contribution in [0.25, 0.3) is 0 Å². The van der Waals surface area contributed by atoms with Crippen molar-refractivity contribution in [2.45, 2.75) is 0 Å². The van der Waals surface area contributed by atoms with E-state index in [4.69, 9.17) is 29.1 Å². The Morgan fingerprint density at radius 2 is 1.20 bits per heavy atom. The SMILES string of the molecule is O=C([O-])[O-].O=[Si](O)O.[Na+].[Na+]. The van der Waals surface area contributed by atoms with Crippen LogP contribution in [0.15, 0.2) is 0 Å². The molecule has 0 amide bonds. The minimum absolute atomic E-state index is 0. The van der Waals surface area contributed by atoms with Crippen LogP contribution >= 0.6 is 0 Å². The number of hydrogen-bond acceptors (Lipinski definition) is 4. The molecule has 0 aromatic heterocycles. The van der Waals surface area contributed by atoms with Crippen LogP contribution in [0.4, 0.5) is 4.79 Å². The first kappa shape index (κ1) is 22.4. The van der Waals surface area contributed by atoms with Gasteiger partial charge >= 0.3 is 68.3 Å². The Morgan fingerprint density at radius 1 is 1.20 bits per heavy atom. The summed E-state index contributed by atoms with van der Waals surface area (Å²) < 4.78 is 8.74. The van der Waals surface area contributed by atoms with E-state index in [1.165, 1.54) is 0 Å². The summed E-state index contributed by atoms with van der Waals surface area (Å²) >= 11 is 0. The summed E-state index contributed by atoms with van der Waals surface area (Å²) in [6, 6.07) is 0. The van der Waals surface area contributed by atoms with Gasteiger partial charge in [-0.3, -0.25) is 4.46 Å². The van der Waals surface area contributed by atoms with Gasteiger partial charge in [-0.25, -0.2) is 0 Å². The molecular formula is CH2Na2O6Si. The van der Waals surface area contributed by atoms with E-state index < -0.39 is 15.3 Å². The van der Waals surface area contributed by atoms with Crippen molar-refractivity contribution in [1.82, 2.24) is 0 Å². The summed E-state index contributed by atoms with van der Waals surface area (Å²) in [6.07, 6.45) is -2.33. The van der Waals surface area contributed by atoms with Crippen LogP contribution in [0.5, 0.6) is 0 Å². The van der Waals surface area contributed by atoms with E-state index in [0.29, 0.717) is 0 Å². The van der Waals surface area contributed by atoms with Crippen molar-refractivity contribution in [3.8, 4) is 0 Å². The summed E-state index contributed by atoms with van der Waals surface area (Å²) in [7, 11) is -3.13. The summed E-state index contributed by atoms with van der Waals surface area (Å²) in [5, 5.41) is 16.7. The Labute approximate surface area is 102 Å². The molecule has 0 atom stereocenters. The van der Waals surface area contributed by atoms with E-state index in [9.17, 15) is 0 Å². The van der Waals surface area contributed by atoms with E-state index >= 15 is 0 Å². The van der Waals surface area contributed by atoms with Gasteiger partial charge in [0.25, 0.3) is 0 Å². The smallest absolute Gasteiger partial charge is 0.652 e. The van der Waals surface area contributed by atoms with E-state index in [-0.39, 0.29) is 59.1 Å². The maximum absolute atomic E-state index is 8.74. The molecule has 0 bridgehead atoms. The second kappa shape index (κ2) is 16.5. The molecule has 0 aromatic carbocycles. The van der Waals surface area contributed by atoms with Crippen molar-refractivity contribution < 1.29 is 88.2 Å². The molecule has 0 aromatic rings. The first-order chi connectivity index (χ1) is 3.46. The third kappa shape index (κ3) is 703. The van der Waals surface area contributed by atoms with Gasteiger partial charge in [-0.05, 0) is 6.16 Å². The summed E-state index contributed by atoms with van der Waals surface area (Å²) in [6.45, 7) is 0. The summed E-state index contributed by atoms with van der Waals surface area (Å²) in [5.74, 6) is 0. The average molecular weight is 184 g/mol. The van der Waals surface area contributed by atoms with Crippen LogP contribution in [-0.2, 0) is 4.46 Å². The van der Waals surface area contributed by atoms with E-state index in [1.807, 2.05) is 0 Å². The van der Waals surface area contributed by atoms with Crippen molar-refractivity contribution in [1.29, 1.82) is 0 Å². The van der Waals surface area contributed by atoms with Crippen LogP contribution in [0.2, 0.25) is 0 Å². The maximum Gasteiger partial charge on any atom is 1.00 e. The molecule has 0 aliphatic carbocycles. The van der Waals surface area contributed by atoms with Gasteiger partial charge in [-0.1, -0.05) is 0 Å². The molecule has 0 radical (unpaired) electrons. The fourth-order valence-corrected chi connectivity index (χ4v) is 0. The van der Waals surface area contributed by atoms with Gasteiger partial charge in [0, 0.05) is 0 Å². The Balaban J connectivity index is -0.0000000300. The summed E-state index contributed by atoms with van der Waals surface area (Å²) in [5.41, 5.74) is 0. The molecule has 6 nitrogen and oxygen atoms in total. The van der Waals surface area contributed by atoms with Gasteiger partial charge in [0.2, 0.25) is 0 Å². The van der Waals surface area contributed by atoms with E-state index in [2.05, 4.69) is 0 Å². The zero-order chi connectivity index (χ0) is 7.15. The summed E-state index contributed by atoms with van der Waals surface area (Å²) in [4.78, 5) is 22.6. The minimum atomic E-state index is -3.13. The second-order valence-corrected chi connectivity index (χ2v) is 1.10. The second-order valence-electron chi connectivity index (χ2n) is 0.533. The van der Waals surface area contributed by atoms with Crippen LogP contribution in [-0.4, -0.2) is 24.9 Å². The number of carbonyl (C=O) groups is 1. The van der Waals surface area contributed by atoms with E-state index in [1.54, 1.807) is 0 Å². The Kier molecular flexibility index (Phi) is 36.9. The van der Waals surface area contributed by atoms with Gasteiger partial charge < -0.3 is 24.6 Å². The molecule has 0 aliphatic heterocycles. The predicted octanol–water partition coefficient (Wildman–Crippen LogP) is -10.1. The van der Waals surface area contributed by atoms with Crippen molar-refractivity contribution >= 4 is 15.3 Å². The maximum atomic E-state index is 8.74. The predicted molar refractivity (Wildman–Crippen MR) is 16.3 cm³/mol. The van der Waals surface area contributed by atoms with Gasteiger partial charge in [-0.2, -0.15) is 0 Å². The van der Waals surface area contributed by atoms with Crippen molar-refractivity contribution in [3.63, 3.8) is 0 Å². The molecule has 0 heterocycles. The quantitative estimate of drug-likeness (QED) is 0.360. The molecule has 0 unspecified atom stereocenters. The molecule has 0 rings (SSSR count). The Bertz CT molecular complexity index is 73.7. The molecule has 9 heteroatoms. The van der Waals surface area contributed by atoms with E-state index in [0.717, 1.165) is 0 Å². The monoisotopic (exact) mass is 184 g/mol. The van der Waals surface area contributed by atoms with Crippen LogP contribution in [0.3, 0.4) is 0 Å². The molecule has 48 valence electrons. The van der Waals surface area contributed by atoms with Crippen LogP contribution in [0.1, 0.15) is 0 Å². The number of carboxylic acid groups (broad SMARTS) is 2.